The standard InChI is InChI=1S/C11H14O/c1-3-5-7-11(8-6-9-11)10(12)4-2/h2,10,12H,6-9H2,1H3. The van der Waals surface area contributed by atoms with Crippen LogP contribution in [0.4, 0.5) is 0 Å². The molecule has 1 saturated carbocycles. The van der Waals surface area contributed by atoms with Crippen LogP contribution >= 0.6 is 0 Å². The zero-order chi connectivity index (χ0) is 9.03. The molecule has 12 heavy (non-hydrogen) atoms. The van der Waals surface area contributed by atoms with E-state index in [1.807, 2.05) is 6.92 Å². The molecule has 1 aliphatic rings. The fourth-order valence-corrected chi connectivity index (χ4v) is 1.62. The van der Waals surface area contributed by atoms with Crippen molar-refractivity contribution in [3.8, 4) is 24.2 Å². The monoisotopic (exact) mass is 162 g/mol. The van der Waals surface area contributed by atoms with Crippen molar-refractivity contribution >= 4 is 0 Å². The van der Waals surface area contributed by atoms with Gasteiger partial charge in [-0.1, -0.05) is 12.3 Å². The molecule has 0 heterocycles. The van der Waals surface area contributed by atoms with Gasteiger partial charge < -0.3 is 5.11 Å². The molecule has 1 fully saturated rings. The van der Waals surface area contributed by atoms with Gasteiger partial charge in [0.05, 0.1) is 0 Å². The molecule has 1 N–H and O–H groups in total. The van der Waals surface area contributed by atoms with Gasteiger partial charge in [0.1, 0.15) is 6.10 Å². The van der Waals surface area contributed by atoms with Gasteiger partial charge in [0.2, 0.25) is 0 Å². The van der Waals surface area contributed by atoms with E-state index in [0.717, 1.165) is 19.3 Å². The van der Waals surface area contributed by atoms with Crippen molar-refractivity contribution in [2.75, 3.05) is 0 Å². The SMILES string of the molecule is C#CC(O)C1(CC#CC)CCC1. The summed E-state index contributed by atoms with van der Waals surface area (Å²) >= 11 is 0. The Hall–Kier alpha value is -0.920. The number of hydrogen-bond donors (Lipinski definition) is 1. The lowest BCUT2D eigenvalue weighted by Gasteiger charge is -2.42. The minimum absolute atomic E-state index is 0.0717. The van der Waals surface area contributed by atoms with Crippen LogP contribution in [0, 0.1) is 29.6 Å². The smallest absolute Gasteiger partial charge is 0.120 e. The number of hydrogen-bond acceptors (Lipinski definition) is 1. The van der Waals surface area contributed by atoms with Crippen LogP contribution in [0.25, 0.3) is 0 Å². The van der Waals surface area contributed by atoms with Crippen molar-refractivity contribution in [2.24, 2.45) is 5.41 Å². The molecule has 0 bridgehead atoms. The Labute approximate surface area is 74.2 Å². The van der Waals surface area contributed by atoms with Gasteiger partial charge in [0.25, 0.3) is 0 Å². The second kappa shape index (κ2) is 3.65. The van der Waals surface area contributed by atoms with Gasteiger partial charge in [-0.2, -0.15) is 0 Å². The molecule has 0 aromatic carbocycles. The summed E-state index contributed by atoms with van der Waals surface area (Å²) in [5, 5.41) is 9.55. The van der Waals surface area contributed by atoms with Gasteiger partial charge >= 0.3 is 0 Å². The lowest BCUT2D eigenvalue weighted by Crippen LogP contribution is -2.40. The average molecular weight is 162 g/mol. The number of aliphatic hydroxyl groups is 1. The molecule has 64 valence electrons. The van der Waals surface area contributed by atoms with Crippen LogP contribution in [0.1, 0.15) is 32.6 Å². The van der Waals surface area contributed by atoms with E-state index in [0.29, 0.717) is 0 Å². The molecular weight excluding hydrogens is 148 g/mol. The second-order valence-corrected chi connectivity index (χ2v) is 3.39. The van der Waals surface area contributed by atoms with Crippen molar-refractivity contribution < 1.29 is 5.11 Å². The highest BCUT2D eigenvalue weighted by molar-refractivity contribution is 5.13. The minimum Gasteiger partial charge on any atom is -0.380 e. The van der Waals surface area contributed by atoms with Gasteiger partial charge in [-0.15, -0.1) is 18.3 Å². The lowest BCUT2D eigenvalue weighted by atomic mass is 9.63. The van der Waals surface area contributed by atoms with E-state index in [-0.39, 0.29) is 5.41 Å². The predicted molar refractivity (Wildman–Crippen MR) is 49.2 cm³/mol. The Kier molecular flexibility index (Phi) is 2.79. The first-order valence-electron chi connectivity index (χ1n) is 4.29. The summed E-state index contributed by atoms with van der Waals surface area (Å²) < 4.78 is 0. The van der Waals surface area contributed by atoms with Crippen LogP contribution < -0.4 is 0 Å². The van der Waals surface area contributed by atoms with E-state index < -0.39 is 6.10 Å². The van der Waals surface area contributed by atoms with E-state index in [1.54, 1.807) is 0 Å². The number of aliphatic hydroxyl groups excluding tert-OH is 1. The molecule has 1 nitrogen and oxygen atoms in total. The molecule has 1 unspecified atom stereocenters. The first kappa shape index (κ1) is 9.17. The summed E-state index contributed by atoms with van der Waals surface area (Å²) in [5.74, 6) is 8.25. The molecule has 0 aromatic rings. The van der Waals surface area contributed by atoms with E-state index in [4.69, 9.17) is 6.42 Å². The summed E-state index contributed by atoms with van der Waals surface area (Å²) in [4.78, 5) is 0. The van der Waals surface area contributed by atoms with Crippen LogP contribution in [0.15, 0.2) is 0 Å². The van der Waals surface area contributed by atoms with E-state index in [9.17, 15) is 5.11 Å². The van der Waals surface area contributed by atoms with Crippen molar-refractivity contribution in [2.45, 2.75) is 38.7 Å². The Morgan fingerprint density at radius 2 is 2.25 bits per heavy atom. The molecular formula is C11H14O. The summed E-state index contributed by atoms with van der Waals surface area (Å²) in [6.45, 7) is 1.81. The highest BCUT2D eigenvalue weighted by atomic mass is 16.3. The number of terminal acetylenes is 1. The van der Waals surface area contributed by atoms with Crippen LogP contribution in [0.3, 0.4) is 0 Å². The lowest BCUT2D eigenvalue weighted by molar-refractivity contribution is 0.00521. The first-order valence-corrected chi connectivity index (χ1v) is 4.29. The van der Waals surface area contributed by atoms with Gasteiger partial charge in [0.15, 0.2) is 0 Å². The maximum atomic E-state index is 9.55. The van der Waals surface area contributed by atoms with Crippen molar-refractivity contribution in [3.63, 3.8) is 0 Å². The maximum absolute atomic E-state index is 9.55. The van der Waals surface area contributed by atoms with Gasteiger partial charge in [0, 0.05) is 11.8 Å². The highest BCUT2D eigenvalue weighted by Crippen LogP contribution is 2.46. The fourth-order valence-electron chi connectivity index (χ4n) is 1.62. The zero-order valence-electron chi connectivity index (χ0n) is 7.43. The van der Waals surface area contributed by atoms with Crippen LogP contribution in [0.5, 0.6) is 0 Å². The normalized spacial score (nSPS) is 21.1. The molecule has 1 aliphatic carbocycles. The maximum Gasteiger partial charge on any atom is 0.120 e. The third-order valence-electron chi connectivity index (χ3n) is 2.70. The molecule has 0 saturated heterocycles. The molecule has 0 aliphatic heterocycles. The molecule has 0 radical (unpaired) electrons. The highest BCUT2D eigenvalue weighted by Gasteiger charge is 2.41. The van der Waals surface area contributed by atoms with E-state index in [2.05, 4.69) is 17.8 Å². The summed E-state index contributed by atoms with van der Waals surface area (Å²) in [7, 11) is 0. The summed E-state index contributed by atoms with van der Waals surface area (Å²) in [6, 6.07) is 0. The molecule has 0 aromatic heterocycles. The Morgan fingerprint density at radius 1 is 1.58 bits per heavy atom. The molecule has 1 heteroatoms. The zero-order valence-corrected chi connectivity index (χ0v) is 7.43. The largest absolute Gasteiger partial charge is 0.380 e. The van der Waals surface area contributed by atoms with Crippen molar-refractivity contribution in [1.82, 2.24) is 0 Å². The Bertz CT molecular complexity index is 244. The summed E-state index contributed by atoms with van der Waals surface area (Å²) in [5.41, 5.74) is -0.0717. The minimum atomic E-state index is -0.605. The predicted octanol–water partition coefficient (Wildman–Crippen LogP) is 1.56. The average Bonchev–Trinajstić information content (AvgIpc) is 2.02. The van der Waals surface area contributed by atoms with Crippen LogP contribution in [-0.4, -0.2) is 11.2 Å². The van der Waals surface area contributed by atoms with Crippen molar-refractivity contribution in [1.29, 1.82) is 0 Å². The second-order valence-electron chi connectivity index (χ2n) is 3.39. The quantitative estimate of drug-likeness (QED) is 0.611. The van der Waals surface area contributed by atoms with E-state index in [1.165, 1.54) is 6.42 Å². The van der Waals surface area contributed by atoms with Gasteiger partial charge in [-0.3, -0.25) is 0 Å². The Morgan fingerprint density at radius 3 is 2.58 bits per heavy atom. The molecule has 1 rings (SSSR count). The van der Waals surface area contributed by atoms with Crippen LogP contribution in [-0.2, 0) is 0 Å². The third kappa shape index (κ3) is 1.47. The number of rotatable bonds is 2. The fraction of sp³-hybridized carbons (Fsp3) is 0.636. The van der Waals surface area contributed by atoms with Crippen molar-refractivity contribution in [3.05, 3.63) is 0 Å². The van der Waals surface area contributed by atoms with Gasteiger partial charge in [-0.25, -0.2) is 0 Å². The summed E-state index contributed by atoms with van der Waals surface area (Å²) in [6.07, 6.45) is 8.54. The van der Waals surface area contributed by atoms with E-state index >= 15 is 0 Å². The molecule has 0 spiro atoms. The molecule has 0 amide bonds. The molecule has 1 atom stereocenters. The first-order chi connectivity index (χ1) is 5.75. The van der Waals surface area contributed by atoms with Gasteiger partial charge in [-0.05, 0) is 19.8 Å². The topological polar surface area (TPSA) is 20.2 Å². The Balaban J connectivity index is 2.61. The van der Waals surface area contributed by atoms with Crippen LogP contribution in [0.2, 0.25) is 0 Å². The third-order valence-corrected chi connectivity index (χ3v) is 2.70.